The molecule has 0 radical (unpaired) electrons. The topological polar surface area (TPSA) is 12.0 Å². The highest BCUT2D eigenvalue weighted by atomic mass is 14.9. The molecule has 1 N–H and O–H groups in total. The van der Waals surface area contributed by atoms with Crippen molar-refractivity contribution in [3.8, 4) is 0 Å². The third-order valence-electron chi connectivity index (χ3n) is 2.73. The van der Waals surface area contributed by atoms with Gasteiger partial charge in [-0.05, 0) is 37.6 Å². The Hall–Kier alpha value is -0.0400. The molecule has 0 bridgehead atoms. The van der Waals surface area contributed by atoms with Crippen LogP contribution < -0.4 is 5.32 Å². The molecule has 72 valence electrons. The number of hydrogen-bond donors (Lipinski definition) is 1. The van der Waals surface area contributed by atoms with Gasteiger partial charge in [0, 0.05) is 6.04 Å². The van der Waals surface area contributed by atoms with E-state index in [4.69, 9.17) is 0 Å². The molecule has 1 saturated carbocycles. The van der Waals surface area contributed by atoms with Crippen LogP contribution in [0.2, 0.25) is 0 Å². The van der Waals surface area contributed by atoms with Crippen LogP contribution in [-0.2, 0) is 0 Å². The monoisotopic (exact) mass is 169 g/mol. The van der Waals surface area contributed by atoms with Crippen molar-refractivity contribution in [1.82, 2.24) is 5.32 Å². The fourth-order valence-electron chi connectivity index (χ4n) is 1.87. The van der Waals surface area contributed by atoms with Gasteiger partial charge in [-0.2, -0.15) is 0 Å². The first-order valence-corrected chi connectivity index (χ1v) is 5.42. The molecule has 1 aliphatic rings. The van der Waals surface area contributed by atoms with Gasteiger partial charge < -0.3 is 5.32 Å². The molecule has 1 aliphatic carbocycles. The SMILES string of the molecule is CC(C)CC(C)CNC1CCC1. The van der Waals surface area contributed by atoms with Crippen molar-refractivity contribution in [2.45, 2.75) is 52.5 Å². The van der Waals surface area contributed by atoms with Crippen molar-refractivity contribution in [2.24, 2.45) is 11.8 Å². The summed E-state index contributed by atoms with van der Waals surface area (Å²) in [6.07, 6.45) is 5.62. The summed E-state index contributed by atoms with van der Waals surface area (Å²) in [6.45, 7) is 8.19. The molecule has 1 heteroatoms. The Kier molecular flexibility index (Phi) is 4.07. The van der Waals surface area contributed by atoms with Crippen LogP contribution in [0.5, 0.6) is 0 Å². The summed E-state index contributed by atoms with van der Waals surface area (Å²) in [4.78, 5) is 0. The molecule has 0 aromatic rings. The zero-order valence-corrected chi connectivity index (χ0v) is 8.77. The first-order chi connectivity index (χ1) is 5.68. The fraction of sp³-hybridized carbons (Fsp3) is 1.00. The van der Waals surface area contributed by atoms with Crippen LogP contribution in [0.25, 0.3) is 0 Å². The molecule has 0 amide bonds. The largest absolute Gasteiger partial charge is 0.314 e. The van der Waals surface area contributed by atoms with Gasteiger partial charge in [0.2, 0.25) is 0 Å². The Morgan fingerprint density at radius 3 is 2.33 bits per heavy atom. The molecule has 0 aliphatic heterocycles. The van der Waals surface area contributed by atoms with Gasteiger partial charge in [0.25, 0.3) is 0 Å². The Balaban J connectivity index is 1.97. The van der Waals surface area contributed by atoms with E-state index in [0.717, 1.165) is 17.9 Å². The van der Waals surface area contributed by atoms with Gasteiger partial charge in [0.05, 0.1) is 0 Å². The van der Waals surface area contributed by atoms with E-state index in [9.17, 15) is 0 Å². The lowest BCUT2D eigenvalue weighted by Crippen LogP contribution is -2.37. The van der Waals surface area contributed by atoms with Crippen LogP contribution >= 0.6 is 0 Å². The van der Waals surface area contributed by atoms with Gasteiger partial charge in [-0.1, -0.05) is 27.2 Å². The van der Waals surface area contributed by atoms with E-state index >= 15 is 0 Å². The first kappa shape index (κ1) is 10.0. The Bertz CT molecular complexity index is 116. The van der Waals surface area contributed by atoms with Crippen LogP contribution in [0.3, 0.4) is 0 Å². The zero-order valence-electron chi connectivity index (χ0n) is 8.77. The molecular formula is C11H23N. The van der Waals surface area contributed by atoms with Crippen LogP contribution in [-0.4, -0.2) is 12.6 Å². The van der Waals surface area contributed by atoms with Gasteiger partial charge in [0.15, 0.2) is 0 Å². The van der Waals surface area contributed by atoms with Gasteiger partial charge in [-0.25, -0.2) is 0 Å². The molecule has 0 spiro atoms. The van der Waals surface area contributed by atoms with Crippen LogP contribution in [0, 0.1) is 11.8 Å². The third kappa shape index (κ3) is 3.57. The van der Waals surface area contributed by atoms with Gasteiger partial charge in [-0.15, -0.1) is 0 Å². The summed E-state index contributed by atoms with van der Waals surface area (Å²) in [5, 5.41) is 3.62. The third-order valence-corrected chi connectivity index (χ3v) is 2.73. The molecule has 0 aromatic heterocycles. The zero-order chi connectivity index (χ0) is 8.97. The maximum atomic E-state index is 3.62. The molecule has 12 heavy (non-hydrogen) atoms. The standard InChI is InChI=1S/C11H23N/c1-9(2)7-10(3)8-12-11-5-4-6-11/h9-12H,4-8H2,1-3H3. The number of nitrogens with one attached hydrogen (secondary N) is 1. The van der Waals surface area contributed by atoms with E-state index in [1.807, 2.05) is 0 Å². The van der Waals surface area contributed by atoms with Crippen molar-refractivity contribution in [3.63, 3.8) is 0 Å². The van der Waals surface area contributed by atoms with Gasteiger partial charge >= 0.3 is 0 Å². The number of rotatable bonds is 5. The molecule has 1 fully saturated rings. The summed E-state index contributed by atoms with van der Waals surface area (Å²) in [6, 6.07) is 0.861. The van der Waals surface area contributed by atoms with E-state index < -0.39 is 0 Å². The Labute approximate surface area is 76.9 Å². The normalized spacial score (nSPS) is 21.0. The quantitative estimate of drug-likeness (QED) is 0.667. The lowest BCUT2D eigenvalue weighted by Gasteiger charge is -2.28. The van der Waals surface area contributed by atoms with Crippen LogP contribution in [0.1, 0.15) is 46.5 Å². The second-order valence-corrected chi connectivity index (χ2v) is 4.77. The predicted molar refractivity (Wildman–Crippen MR) is 54.3 cm³/mol. The van der Waals surface area contributed by atoms with Gasteiger partial charge in [0.1, 0.15) is 0 Å². The van der Waals surface area contributed by atoms with Crippen LogP contribution in [0.15, 0.2) is 0 Å². The molecule has 1 nitrogen and oxygen atoms in total. The highest BCUT2D eigenvalue weighted by Crippen LogP contribution is 2.19. The molecule has 0 aromatic carbocycles. The summed E-state index contributed by atoms with van der Waals surface area (Å²) in [7, 11) is 0. The van der Waals surface area contributed by atoms with Crippen molar-refractivity contribution in [3.05, 3.63) is 0 Å². The summed E-state index contributed by atoms with van der Waals surface area (Å²) in [5.74, 6) is 1.70. The maximum absolute atomic E-state index is 3.62. The molecular weight excluding hydrogens is 146 g/mol. The summed E-state index contributed by atoms with van der Waals surface area (Å²) < 4.78 is 0. The van der Waals surface area contributed by atoms with Gasteiger partial charge in [-0.3, -0.25) is 0 Å². The molecule has 0 saturated heterocycles. The second-order valence-electron chi connectivity index (χ2n) is 4.77. The smallest absolute Gasteiger partial charge is 0.00671 e. The van der Waals surface area contributed by atoms with Crippen molar-refractivity contribution in [2.75, 3.05) is 6.54 Å². The lowest BCUT2D eigenvalue weighted by molar-refractivity contribution is 0.307. The molecule has 1 atom stereocenters. The fourth-order valence-corrected chi connectivity index (χ4v) is 1.87. The molecule has 0 heterocycles. The average Bonchev–Trinajstić information content (AvgIpc) is 1.81. The van der Waals surface area contributed by atoms with E-state index in [1.54, 1.807) is 0 Å². The lowest BCUT2D eigenvalue weighted by atomic mass is 9.92. The summed E-state index contributed by atoms with van der Waals surface area (Å²) >= 11 is 0. The average molecular weight is 169 g/mol. The Morgan fingerprint density at radius 2 is 1.92 bits per heavy atom. The second kappa shape index (κ2) is 4.86. The van der Waals surface area contributed by atoms with E-state index in [2.05, 4.69) is 26.1 Å². The molecule has 1 unspecified atom stereocenters. The highest BCUT2D eigenvalue weighted by Gasteiger charge is 2.17. The first-order valence-electron chi connectivity index (χ1n) is 5.42. The van der Waals surface area contributed by atoms with E-state index in [-0.39, 0.29) is 0 Å². The maximum Gasteiger partial charge on any atom is 0.00671 e. The van der Waals surface area contributed by atoms with Crippen LogP contribution in [0.4, 0.5) is 0 Å². The number of hydrogen-bond acceptors (Lipinski definition) is 1. The van der Waals surface area contributed by atoms with Crippen molar-refractivity contribution in [1.29, 1.82) is 0 Å². The molecule has 1 rings (SSSR count). The minimum Gasteiger partial charge on any atom is -0.314 e. The van der Waals surface area contributed by atoms with Crippen molar-refractivity contribution < 1.29 is 0 Å². The van der Waals surface area contributed by atoms with Crippen molar-refractivity contribution >= 4 is 0 Å². The Morgan fingerprint density at radius 1 is 1.25 bits per heavy atom. The highest BCUT2D eigenvalue weighted by molar-refractivity contribution is 4.77. The predicted octanol–water partition coefficient (Wildman–Crippen LogP) is 2.81. The summed E-state index contributed by atoms with van der Waals surface area (Å²) in [5.41, 5.74) is 0. The minimum absolute atomic E-state index is 0.850. The van der Waals surface area contributed by atoms with E-state index in [1.165, 1.54) is 32.2 Å². The minimum atomic E-state index is 0.850. The van der Waals surface area contributed by atoms with E-state index in [0.29, 0.717) is 0 Å².